The average Bonchev–Trinajstić information content (AvgIpc) is 2.01. The lowest BCUT2D eigenvalue weighted by molar-refractivity contribution is -0.138. The first-order valence-corrected chi connectivity index (χ1v) is 5.51. The fourth-order valence-corrected chi connectivity index (χ4v) is 2.67. The SMILES string of the molecule is CC(CC(=O)O)N1[C@H](C)CCC[C@@H]1C. The summed E-state index contributed by atoms with van der Waals surface area (Å²) in [5.74, 6) is -0.692. The van der Waals surface area contributed by atoms with Crippen molar-refractivity contribution in [2.45, 2.75) is 64.6 Å². The molecule has 0 aliphatic carbocycles. The molecule has 0 aromatic rings. The molecule has 1 fully saturated rings. The third-order valence-electron chi connectivity index (χ3n) is 3.24. The minimum atomic E-state index is -0.692. The second kappa shape index (κ2) is 4.78. The van der Waals surface area contributed by atoms with E-state index in [1.54, 1.807) is 0 Å². The van der Waals surface area contributed by atoms with Gasteiger partial charge in [-0.2, -0.15) is 0 Å². The lowest BCUT2D eigenvalue weighted by atomic mass is 9.95. The molecule has 82 valence electrons. The summed E-state index contributed by atoms with van der Waals surface area (Å²) in [6.07, 6.45) is 3.94. The van der Waals surface area contributed by atoms with Gasteiger partial charge in [-0.3, -0.25) is 9.69 Å². The number of nitrogens with zero attached hydrogens (tertiary/aromatic N) is 1. The molecule has 1 saturated heterocycles. The second-order valence-electron chi connectivity index (χ2n) is 4.52. The molecule has 3 atom stereocenters. The molecule has 3 heteroatoms. The van der Waals surface area contributed by atoms with Crippen LogP contribution >= 0.6 is 0 Å². The zero-order valence-electron chi connectivity index (χ0n) is 9.36. The molecule has 3 nitrogen and oxygen atoms in total. The fraction of sp³-hybridized carbons (Fsp3) is 0.909. The third kappa shape index (κ3) is 2.71. The van der Waals surface area contributed by atoms with Gasteiger partial charge in [-0.05, 0) is 33.6 Å². The van der Waals surface area contributed by atoms with E-state index in [9.17, 15) is 4.79 Å². The summed E-state index contributed by atoms with van der Waals surface area (Å²) in [6, 6.07) is 1.24. The van der Waals surface area contributed by atoms with Crippen LogP contribution in [-0.2, 0) is 4.79 Å². The highest BCUT2D eigenvalue weighted by Gasteiger charge is 2.29. The van der Waals surface area contributed by atoms with Gasteiger partial charge in [-0.1, -0.05) is 6.42 Å². The van der Waals surface area contributed by atoms with Gasteiger partial charge in [0.25, 0.3) is 0 Å². The van der Waals surface area contributed by atoms with Crippen LogP contribution in [0.4, 0.5) is 0 Å². The van der Waals surface area contributed by atoms with Gasteiger partial charge in [0.1, 0.15) is 0 Å². The van der Waals surface area contributed by atoms with Gasteiger partial charge in [0.05, 0.1) is 6.42 Å². The van der Waals surface area contributed by atoms with E-state index in [2.05, 4.69) is 18.7 Å². The Labute approximate surface area is 86.1 Å². The molecular formula is C11H21NO2. The van der Waals surface area contributed by atoms with Crippen LogP contribution in [0.1, 0.15) is 46.5 Å². The summed E-state index contributed by atoms with van der Waals surface area (Å²) in [7, 11) is 0. The van der Waals surface area contributed by atoms with E-state index in [0.29, 0.717) is 12.1 Å². The number of piperidine rings is 1. The maximum atomic E-state index is 10.6. The van der Waals surface area contributed by atoms with Crippen LogP contribution in [0.3, 0.4) is 0 Å². The van der Waals surface area contributed by atoms with E-state index < -0.39 is 5.97 Å². The number of hydrogen-bond donors (Lipinski definition) is 1. The molecule has 0 aromatic heterocycles. The maximum Gasteiger partial charge on any atom is 0.304 e. The van der Waals surface area contributed by atoms with Gasteiger partial charge in [0.2, 0.25) is 0 Å². The Morgan fingerprint density at radius 1 is 1.43 bits per heavy atom. The van der Waals surface area contributed by atoms with Crippen molar-refractivity contribution in [1.29, 1.82) is 0 Å². The van der Waals surface area contributed by atoms with Crippen molar-refractivity contribution in [3.8, 4) is 0 Å². The van der Waals surface area contributed by atoms with Crippen LogP contribution in [0.25, 0.3) is 0 Å². The Balaban J connectivity index is 2.57. The van der Waals surface area contributed by atoms with Crippen LogP contribution in [0, 0.1) is 0 Å². The van der Waals surface area contributed by atoms with Crippen LogP contribution in [-0.4, -0.2) is 34.1 Å². The smallest absolute Gasteiger partial charge is 0.304 e. The molecule has 0 saturated carbocycles. The molecule has 0 bridgehead atoms. The lowest BCUT2D eigenvalue weighted by Crippen LogP contribution is -2.49. The van der Waals surface area contributed by atoms with E-state index in [1.807, 2.05) is 6.92 Å². The van der Waals surface area contributed by atoms with Crippen molar-refractivity contribution in [1.82, 2.24) is 4.90 Å². The Morgan fingerprint density at radius 3 is 2.36 bits per heavy atom. The molecule has 1 heterocycles. The normalized spacial score (nSPS) is 31.4. The van der Waals surface area contributed by atoms with Crippen LogP contribution < -0.4 is 0 Å². The molecule has 1 rings (SSSR count). The molecule has 1 N–H and O–H groups in total. The molecule has 0 amide bonds. The monoisotopic (exact) mass is 199 g/mol. The lowest BCUT2D eigenvalue weighted by Gasteiger charge is -2.42. The number of aliphatic carboxylic acids is 1. The molecule has 0 radical (unpaired) electrons. The van der Waals surface area contributed by atoms with Gasteiger partial charge in [-0.25, -0.2) is 0 Å². The Morgan fingerprint density at radius 2 is 1.93 bits per heavy atom. The van der Waals surface area contributed by atoms with E-state index in [1.165, 1.54) is 19.3 Å². The van der Waals surface area contributed by atoms with E-state index in [4.69, 9.17) is 5.11 Å². The standard InChI is InChI=1S/C11H21NO2/c1-8-5-4-6-9(2)12(8)10(3)7-11(13)14/h8-10H,4-7H2,1-3H3,(H,13,14)/t8-,9+,10?. The number of carbonyl (C=O) groups is 1. The first kappa shape index (κ1) is 11.5. The molecule has 1 unspecified atom stereocenters. The minimum absolute atomic E-state index is 0.165. The number of hydrogen-bond acceptors (Lipinski definition) is 2. The third-order valence-corrected chi connectivity index (χ3v) is 3.24. The Kier molecular flexibility index (Phi) is 3.93. The predicted molar refractivity (Wildman–Crippen MR) is 56.3 cm³/mol. The minimum Gasteiger partial charge on any atom is -0.481 e. The molecule has 14 heavy (non-hydrogen) atoms. The predicted octanol–water partition coefficient (Wildman–Crippen LogP) is 2.11. The largest absolute Gasteiger partial charge is 0.481 e. The summed E-state index contributed by atoms with van der Waals surface area (Å²) in [5, 5.41) is 8.76. The summed E-state index contributed by atoms with van der Waals surface area (Å²) in [5.41, 5.74) is 0. The summed E-state index contributed by atoms with van der Waals surface area (Å²) >= 11 is 0. The van der Waals surface area contributed by atoms with Gasteiger partial charge < -0.3 is 5.11 Å². The van der Waals surface area contributed by atoms with Gasteiger partial charge >= 0.3 is 5.97 Å². The van der Waals surface area contributed by atoms with Crippen molar-refractivity contribution in [2.24, 2.45) is 0 Å². The van der Waals surface area contributed by atoms with Crippen molar-refractivity contribution < 1.29 is 9.90 Å². The van der Waals surface area contributed by atoms with Crippen molar-refractivity contribution in [2.75, 3.05) is 0 Å². The number of rotatable bonds is 3. The van der Waals surface area contributed by atoms with Gasteiger partial charge in [0.15, 0.2) is 0 Å². The number of carboxylic acid groups (broad SMARTS) is 1. The van der Waals surface area contributed by atoms with Crippen LogP contribution in [0.5, 0.6) is 0 Å². The van der Waals surface area contributed by atoms with E-state index >= 15 is 0 Å². The first-order chi connectivity index (χ1) is 6.52. The van der Waals surface area contributed by atoms with E-state index in [-0.39, 0.29) is 12.5 Å². The Bertz CT molecular complexity index is 195. The Hall–Kier alpha value is -0.570. The zero-order chi connectivity index (χ0) is 10.7. The molecule has 0 spiro atoms. The highest BCUT2D eigenvalue weighted by Crippen LogP contribution is 2.25. The second-order valence-corrected chi connectivity index (χ2v) is 4.52. The number of carboxylic acids is 1. The van der Waals surface area contributed by atoms with Crippen LogP contribution in [0.15, 0.2) is 0 Å². The summed E-state index contributed by atoms with van der Waals surface area (Å²) < 4.78 is 0. The first-order valence-electron chi connectivity index (χ1n) is 5.51. The molecular weight excluding hydrogens is 178 g/mol. The van der Waals surface area contributed by atoms with Crippen molar-refractivity contribution in [3.05, 3.63) is 0 Å². The van der Waals surface area contributed by atoms with Crippen LogP contribution in [0.2, 0.25) is 0 Å². The topological polar surface area (TPSA) is 40.5 Å². The number of likely N-dealkylation sites (tertiary alicyclic amines) is 1. The summed E-state index contributed by atoms with van der Waals surface area (Å²) in [4.78, 5) is 13.0. The zero-order valence-corrected chi connectivity index (χ0v) is 9.36. The fourth-order valence-electron chi connectivity index (χ4n) is 2.67. The molecule has 1 aliphatic rings. The summed E-state index contributed by atoms with van der Waals surface area (Å²) in [6.45, 7) is 6.43. The average molecular weight is 199 g/mol. The highest BCUT2D eigenvalue weighted by molar-refractivity contribution is 5.67. The highest BCUT2D eigenvalue weighted by atomic mass is 16.4. The molecule has 1 aliphatic heterocycles. The quantitative estimate of drug-likeness (QED) is 0.756. The van der Waals surface area contributed by atoms with E-state index in [0.717, 1.165) is 0 Å². The molecule has 0 aromatic carbocycles. The van der Waals surface area contributed by atoms with Gasteiger partial charge in [-0.15, -0.1) is 0 Å². The van der Waals surface area contributed by atoms with Crippen molar-refractivity contribution >= 4 is 5.97 Å². The maximum absolute atomic E-state index is 10.6. The van der Waals surface area contributed by atoms with Gasteiger partial charge in [0, 0.05) is 18.1 Å². The van der Waals surface area contributed by atoms with Crippen molar-refractivity contribution in [3.63, 3.8) is 0 Å².